The highest BCUT2D eigenvalue weighted by atomic mass is 16.6. The Morgan fingerprint density at radius 2 is 1.74 bits per heavy atom. The van der Waals surface area contributed by atoms with Gasteiger partial charge in [-0.25, -0.2) is 10.3 Å². The lowest BCUT2D eigenvalue weighted by Crippen LogP contribution is -2.33. The Kier molecular flexibility index (Phi) is 9.21. The van der Waals surface area contributed by atoms with Crippen molar-refractivity contribution in [3.63, 3.8) is 0 Å². The molecule has 31 heavy (non-hydrogen) atoms. The molecule has 0 heterocycles. The van der Waals surface area contributed by atoms with Gasteiger partial charge in [0.1, 0.15) is 18.5 Å². The lowest BCUT2D eigenvalue weighted by molar-refractivity contribution is -0.124. The number of nitrogens with one attached hydrogen (secondary N) is 2. The highest BCUT2D eigenvalue weighted by Crippen LogP contribution is 2.34. The monoisotopic (exact) mass is 428 g/mol. The second-order valence-electron chi connectivity index (χ2n) is 6.45. The third-order valence-corrected chi connectivity index (χ3v) is 4.20. The van der Waals surface area contributed by atoms with Gasteiger partial charge in [0.2, 0.25) is 0 Å². The number of amides is 3. The lowest BCUT2D eigenvalue weighted by Gasteiger charge is -2.24. The van der Waals surface area contributed by atoms with Gasteiger partial charge in [0.05, 0.1) is 6.61 Å². The molecule has 2 aromatic rings. The summed E-state index contributed by atoms with van der Waals surface area (Å²) in [4.78, 5) is 36.0. The summed E-state index contributed by atoms with van der Waals surface area (Å²) in [7, 11) is 0. The maximum atomic E-state index is 12.5. The molecule has 0 spiro atoms. The maximum absolute atomic E-state index is 12.5. The first-order valence-corrected chi connectivity index (χ1v) is 9.48. The van der Waals surface area contributed by atoms with Crippen LogP contribution in [-0.4, -0.2) is 41.4 Å². The van der Waals surface area contributed by atoms with Crippen LogP contribution in [0.3, 0.4) is 0 Å². The maximum Gasteiger partial charge on any atom is 0.414 e. The van der Waals surface area contributed by atoms with Crippen molar-refractivity contribution in [1.29, 1.82) is 0 Å². The largest absolute Gasteiger partial charge is 0.491 e. The Hall–Kier alpha value is -3.69. The van der Waals surface area contributed by atoms with Crippen LogP contribution < -0.4 is 15.5 Å². The SMILES string of the molecule is C[C@@H](/C=C/C(=O)NO)[C@H](OC(=O)NC(=O)c1ccccc1)c1ccccc1OCCO. The van der Waals surface area contributed by atoms with Gasteiger partial charge in [0, 0.05) is 23.1 Å². The number of hydrogen-bond donors (Lipinski definition) is 4. The van der Waals surface area contributed by atoms with Crippen molar-refractivity contribution in [1.82, 2.24) is 10.8 Å². The van der Waals surface area contributed by atoms with E-state index in [2.05, 4.69) is 5.32 Å². The van der Waals surface area contributed by atoms with E-state index in [4.69, 9.17) is 19.8 Å². The Morgan fingerprint density at radius 3 is 2.42 bits per heavy atom. The molecule has 0 radical (unpaired) electrons. The highest BCUT2D eigenvalue weighted by molar-refractivity contribution is 6.02. The van der Waals surface area contributed by atoms with Crippen molar-refractivity contribution in [3.8, 4) is 5.75 Å². The van der Waals surface area contributed by atoms with E-state index in [1.165, 1.54) is 11.6 Å². The number of para-hydroxylation sites is 1. The van der Waals surface area contributed by atoms with Crippen LogP contribution in [-0.2, 0) is 9.53 Å². The molecule has 9 nitrogen and oxygen atoms in total. The summed E-state index contributed by atoms with van der Waals surface area (Å²) >= 11 is 0. The van der Waals surface area contributed by atoms with E-state index < -0.39 is 29.9 Å². The van der Waals surface area contributed by atoms with E-state index in [1.54, 1.807) is 61.5 Å². The second-order valence-corrected chi connectivity index (χ2v) is 6.45. The molecule has 164 valence electrons. The molecular weight excluding hydrogens is 404 g/mol. The molecule has 4 N–H and O–H groups in total. The molecule has 0 unspecified atom stereocenters. The second kappa shape index (κ2) is 12.1. The van der Waals surface area contributed by atoms with Crippen LogP contribution in [0.2, 0.25) is 0 Å². The number of carbonyl (C=O) groups is 3. The standard InChI is InChI=1S/C22H24N2O7/c1-15(11-12-19(26)24-29)20(17-9-5-6-10-18(17)30-14-13-25)31-22(28)23-21(27)16-7-3-2-4-8-16/h2-12,15,20,25,29H,13-14H2,1H3,(H,24,26)(H,23,27,28)/b12-11+/t15-,20-/m0/s1. The smallest absolute Gasteiger partial charge is 0.414 e. The number of imide groups is 1. The first kappa shape index (κ1) is 23.6. The molecule has 0 saturated carbocycles. The molecule has 0 fully saturated rings. The van der Waals surface area contributed by atoms with Gasteiger partial charge in [0.25, 0.3) is 11.8 Å². The van der Waals surface area contributed by atoms with Crippen LogP contribution in [0.4, 0.5) is 4.79 Å². The predicted molar refractivity (Wildman–Crippen MR) is 110 cm³/mol. The molecule has 0 aliphatic carbocycles. The molecule has 0 saturated heterocycles. The number of hydrogen-bond acceptors (Lipinski definition) is 7. The van der Waals surface area contributed by atoms with Crippen LogP contribution in [0.25, 0.3) is 0 Å². The molecule has 0 aromatic heterocycles. The average Bonchev–Trinajstić information content (AvgIpc) is 2.80. The number of alkyl carbamates (subject to hydrolysis) is 1. The topological polar surface area (TPSA) is 134 Å². The third kappa shape index (κ3) is 7.25. The zero-order chi connectivity index (χ0) is 22.6. The van der Waals surface area contributed by atoms with Gasteiger partial charge < -0.3 is 14.6 Å². The fraction of sp³-hybridized carbons (Fsp3) is 0.227. The van der Waals surface area contributed by atoms with Crippen LogP contribution in [0.5, 0.6) is 5.75 Å². The van der Waals surface area contributed by atoms with Crippen molar-refractivity contribution in [3.05, 3.63) is 77.9 Å². The molecular formula is C22H24N2O7. The number of aliphatic hydroxyl groups excluding tert-OH is 1. The predicted octanol–water partition coefficient (Wildman–Crippen LogP) is 2.36. The Balaban J connectivity index is 2.25. The van der Waals surface area contributed by atoms with E-state index in [-0.39, 0.29) is 18.8 Å². The van der Waals surface area contributed by atoms with Crippen LogP contribution >= 0.6 is 0 Å². The molecule has 0 aliphatic heterocycles. The van der Waals surface area contributed by atoms with E-state index in [1.807, 2.05) is 0 Å². The van der Waals surface area contributed by atoms with Crippen LogP contribution in [0.1, 0.15) is 28.9 Å². The van der Waals surface area contributed by atoms with Crippen molar-refractivity contribution < 1.29 is 34.2 Å². The van der Waals surface area contributed by atoms with E-state index in [9.17, 15) is 14.4 Å². The molecule has 0 bridgehead atoms. The summed E-state index contributed by atoms with van der Waals surface area (Å²) in [6.45, 7) is 1.50. The van der Waals surface area contributed by atoms with Crippen molar-refractivity contribution in [2.24, 2.45) is 5.92 Å². The number of aliphatic hydroxyl groups is 1. The highest BCUT2D eigenvalue weighted by Gasteiger charge is 2.26. The van der Waals surface area contributed by atoms with Gasteiger partial charge >= 0.3 is 6.09 Å². The van der Waals surface area contributed by atoms with Gasteiger partial charge in [-0.05, 0) is 18.2 Å². The normalized spacial score (nSPS) is 12.6. The molecule has 2 atom stereocenters. The zero-order valence-electron chi connectivity index (χ0n) is 16.9. The average molecular weight is 428 g/mol. The minimum atomic E-state index is -0.984. The summed E-state index contributed by atoms with van der Waals surface area (Å²) in [6, 6.07) is 14.9. The number of benzene rings is 2. The summed E-state index contributed by atoms with van der Waals surface area (Å²) in [5.41, 5.74) is 2.24. The van der Waals surface area contributed by atoms with Gasteiger partial charge in [-0.2, -0.15) is 0 Å². The quantitative estimate of drug-likeness (QED) is 0.274. The van der Waals surface area contributed by atoms with Crippen LogP contribution in [0.15, 0.2) is 66.7 Å². The first-order valence-electron chi connectivity index (χ1n) is 9.48. The molecule has 0 aliphatic rings. The molecule has 2 rings (SSSR count). The number of hydroxylamine groups is 1. The number of ether oxygens (including phenoxy) is 2. The Labute approximate surface area is 179 Å². The van der Waals surface area contributed by atoms with Crippen molar-refractivity contribution in [2.75, 3.05) is 13.2 Å². The summed E-state index contributed by atoms with van der Waals surface area (Å²) in [5.74, 6) is -1.56. The minimum Gasteiger partial charge on any atom is -0.491 e. The number of carbonyl (C=O) groups excluding carboxylic acids is 3. The Bertz CT molecular complexity index is 915. The van der Waals surface area contributed by atoms with Crippen LogP contribution in [0, 0.1) is 5.92 Å². The summed E-state index contributed by atoms with van der Waals surface area (Å²) < 4.78 is 11.0. The van der Waals surface area contributed by atoms with Gasteiger partial charge in [-0.3, -0.25) is 20.1 Å². The third-order valence-electron chi connectivity index (χ3n) is 4.20. The fourth-order valence-corrected chi connectivity index (χ4v) is 2.73. The van der Waals surface area contributed by atoms with E-state index >= 15 is 0 Å². The molecule has 9 heteroatoms. The lowest BCUT2D eigenvalue weighted by atomic mass is 9.96. The zero-order valence-corrected chi connectivity index (χ0v) is 16.9. The van der Waals surface area contributed by atoms with Crippen molar-refractivity contribution >= 4 is 17.9 Å². The molecule has 3 amide bonds. The fourth-order valence-electron chi connectivity index (χ4n) is 2.73. The van der Waals surface area contributed by atoms with E-state index in [0.717, 1.165) is 6.08 Å². The first-order chi connectivity index (χ1) is 15.0. The van der Waals surface area contributed by atoms with Crippen molar-refractivity contribution in [2.45, 2.75) is 13.0 Å². The Morgan fingerprint density at radius 1 is 1.06 bits per heavy atom. The van der Waals surface area contributed by atoms with Gasteiger partial charge in [0.15, 0.2) is 0 Å². The number of rotatable bonds is 9. The summed E-state index contributed by atoms with van der Waals surface area (Å²) in [6.07, 6.45) is 0.597. The summed E-state index contributed by atoms with van der Waals surface area (Å²) in [5, 5.41) is 19.9. The van der Waals surface area contributed by atoms with E-state index in [0.29, 0.717) is 11.3 Å². The molecule has 2 aromatic carbocycles. The minimum absolute atomic E-state index is 0.0273. The van der Waals surface area contributed by atoms with Gasteiger partial charge in [-0.15, -0.1) is 0 Å². The van der Waals surface area contributed by atoms with Gasteiger partial charge in [-0.1, -0.05) is 49.4 Å².